The van der Waals surface area contributed by atoms with Crippen LogP contribution in [-0.4, -0.2) is 11.2 Å². The van der Waals surface area contributed by atoms with E-state index in [4.69, 9.17) is 16.6 Å². The molecule has 4 heteroatoms. The molecule has 0 spiro atoms. The lowest BCUT2D eigenvalue weighted by atomic mass is 9.96. The molecule has 0 bridgehead atoms. The summed E-state index contributed by atoms with van der Waals surface area (Å²) in [5.74, 6) is 0.920. The first-order valence-electron chi connectivity index (χ1n) is 7.78. The zero-order chi connectivity index (χ0) is 14.7. The fraction of sp³-hybridized carbons (Fsp3) is 0.471. The van der Waals surface area contributed by atoms with Crippen LogP contribution in [0.15, 0.2) is 34.7 Å². The van der Waals surface area contributed by atoms with Gasteiger partial charge in [0, 0.05) is 11.4 Å². The second-order valence-electron chi connectivity index (χ2n) is 5.86. The molecule has 0 amide bonds. The van der Waals surface area contributed by atoms with Gasteiger partial charge in [-0.3, -0.25) is 0 Å². The third-order valence-corrected chi connectivity index (χ3v) is 4.40. The summed E-state index contributed by atoms with van der Waals surface area (Å²) in [5, 5.41) is 8.63. The minimum atomic E-state index is 0.0704. The summed E-state index contributed by atoms with van der Waals surface area (Å²) in [6, 6.07) is 10.7. The van der Waals surface area contributed by atoms with Crippen LogP contribution in [0.1, 0.15) is 50.8 Å². The highest BCUT2D eigenvalue weighted by molar-refractivity contribution is 7.80. The summed E-state index contributed by atoms with van der Waals surface area (Å²) in [6.45, 7) is 2.08. The number of hydrogen-bond donors (Lipinski definition) is 2. The molecule has 21 heavy (non-hydrogen) atoms. The minimum Gasteiger partial charge on any atom is -0.459 e. The van der Waals surface area contributed by atoms with Crippen molar-refractivity contribution in [2.45, 2.75) is 51.1 Å². The van der Waals surface area contributed by atoms with Gasteiger partial charge in [-0.2, -0.15) is 0 Å². The van der Waals surface area contributed by atoms with E-state index in [1.807, 2.05) is 18.2 Å². The second kappa shape index (κ2) is 6.48. The van der Waals surface area contributed by atoms with Gasteiger partial charge in [0.25, 0.3) is 0 Å². The van der Waals surface area contributed by atoms with Gasteiger partial charge in [0.15, 0.2) is 5.11 Å². The predicted molar refractivity (Wildman–Crippen MR) is 90.4 cm³/mol. The van der Waals surface area contributed by atoms with Gasteiger partial charge in [-0.1, -0.05) is 37.5 Å². The van der Waals surface area contributed by atoms with Crippen LogP contribution in [-0.2, 0) is 0 Å². The summed E-state index contributed by atoms with van der Waals surface area (Å²) in [4.78, 5) is 0. The molecule has 2 aromatic rings. The molecule has 112 valence electrons. The van der Waals surface area contributed by atoms with Gasteiger partial charge >= 0.3 is 0 Å². The first-order valence-corrected chi connectivity index (χ1v) is 8.19. The summed E-state index contributed by atoms with van der Waals surface area (Å²) in [5.41, 5.74) is 0.923. The Bertz CT molecular complexity index is 583. The number of hydrogen-bond acceptors (Lipinski definition) is 2. The smallest absolute Gasteiger partial charge is 0.167 e. The van der Waals surface area contributed by atoms with Gasteiger partial charge in [-0.15, -0.1) is 0 Å². The van der Waals surface area contributed by atoms with Crippen molar-refractivity contribution < 1.29 is 4.42 Å². The molecule has 1 atom stereocenters. The van der Waals surface area contributed by atoms with Gasteiger partial charge in [-0.05, 0) is 44.1 Å². The molecular weight excluding hydrogens is 280 g/mol. The second-order valence-corrected chi connectivity index (χ2v) is 6.27. The SMILES string of the molecule is C[C@H](NC(=S)NC1CCCCC1)c1cc2ccccc2o1. The molecular formula is C17H22N2OS. The Hall–Kier alpha value is -1.55. The normalized spacial score (nSPS) is 17.6. The third-order valence-electron chi connectivity index (χ3n) is 4.16. The van der Waals surface area contributed by atoms with Crippen LogP contribution in [0.25, 0.3) is 11.0 Å². The highest BCUT2D eigenvalue weighted by Gasteiger charge is 2.16. The van der Waals surface area contributed by atoms with Crippen molar-refractivity contribution in [2.75, 3.05) is 0 Å². The zero-order valence-corrected chi connectivity index (χ0v) is 13.2. The van der Waals surface area contributed by atoms with E-state index in [-0.39, 0.29) is 6.04 Å². The third kappa shape index (κ3) is 3.56. The maximum absolute atomic E-state index is 5.87. The first-order chi connectivity index (χ1) is 10.2. The quantitative estimate of drug-likeness (QED) is 0.829. The van der Waals surface area contributed by atoms with E-state index in [0.29, 0.717) is 6.04 Å². The molecule has 1 fully saturated rings. The number of furan rings is 1. The van der Waals surface area contributed by atoms with E-state index in [0.717, 1.165) is 21.8 Å². The monoisotopic (exact) mass is 302 g/mol. The number of nitrogens with one attached hydrogen (secondary N) is 2. The maximum Gasteiger partial charge on any atom is 0.167 e. The van der Waals surface area contributed by atoms with Crippen molar-refractivity contribution in [1.82, 2.24) is 10.6 Å². The van der Waals surface area contributed by atoms with Crippen LogP contribution >= 0.6 is 12.2 Å². The van der Waals surface area contributed by atoms with E-state index in [1.54, 1.807) is 0 Å². The molecule has 3 nitrogen and oxygen atoms in total. The lowest BCUT2D eigenvalue weighted by Gasteiger charge is -2.25. The van der Waals surface area contributed by atoms with Crippen LogP contribution in [0.2, 0.25) is 0 Å². The van der Waals surface area contributed by atoms with E-state index in [9.17, 15) is 0 Å². The molecule has 1 heterocycles. The first kappa shape index (κ1) is 14.4. The fourth-order valence-corrected chi connectivity index (χ4v) is 3.30. The maximum atomic E-state index is 5.87. The largest absolute Gasteiger partial charge is 0.459 e. The Labute approximate surface area is 131 Å². The molecule has 1 aliphatic carbocycles. The van der Waals surface area contributed by atoms with Crippen molar-refractivity contribution in [3.8, 4) is 0 Å². The van der Waals surface area contributed by atoms with Gasteiger partial charge in [0.1, 0.15) is 11.3 Å². The van der Waals surface area contributed by atoms with Gasteiger partial charge in [-0.25, -0.2) is 0 Å². The summed E-state index contributed by atoms with van der Waals surface area (Å²) < 4.78 is 5.87. The molecule has 0 saturated heterocycles. The van der Waals surface area contributed by atoms with Gasteiger partial charge in [0.05, 0.1) is 6.04 Å². The molecule has 0 aliphatic heterocycles. The number of benzene rings is 1. The van der Waals surface area contributed by atoms with Crippen molar-refractivity contribution in [1.29, 1.82) is 0 Å². The van der Waals surface area contributed by atoms with E-state index < -0.39 is 0 Å². The van der Waals surface area contributed by atoms with Crippen LogP contribution in [0.3, 0.4) is 0 Å². The fourth-order valence-electron chi connectivity index (χ4n) is 2.96. The number of fused-ring (bicyclic) bond motifs is 1. The van der Waals surface area contributed by atoms with E-state index in [2.05, 4.69) is 29.7 Å². The molecule has 1 aromatic carbocycles. The average Bonchev–Trinajstić information content (AvgIpc) is 2.92. The van der Waals surface area contributed by atoms with Crippen LogP contribution in [0.4, 0.5) is 0 Å². The van der Waals surface area contributed by atoms with E-state index in [1.165, 1.54) is 32.1 Å². The molecule has 1 saturated carbocycles. The summed E-state index contributed by atoms with van der Waals surface area (Å²) in [7, 11) is 0. The number of para-hydroxylation sites is 1. The Kier molecular flexibility index (Phi) is 4.44. The Morgan fingerprint density at radius 3 is 2.76 bits per heavy atom. The Balaban J connectivity index is 1.59. The molecule has 1 aromatic heterocycles. The lowest BCUT2D eigenvalue weighted by molar-refractivity contribution is 0.408. The standard InChI is InChI=1S/C17H22N2OS/c1-12(16-11-13-7-5-6-10-15(13)20-16)18-17(21)19-14-8-3-2-4-9-14/h5-7,10-12,14H,2-4,8-9H2,1H3,(H2,18,19,21)/t12-/m0/s1. The topological polar surface area (TPSA) is 37.2 Å². The van der Waals surface area contributed by atoms with Crippen LogP contribution in [0.5, 0.6) is 0 Å². The minimum absolute atomic E-state index is 0.0704. The number of rotatable bonds is 3. The average molecular weight is 302 g/mol. The Morgan fingerprint density at radius 2 is 2.00 bits per heavy atom. The van der Waals surface area contributed by atoms with Gasteiger partial charge in [0.2, 0.25) is 0 Å². The zero-order valence-electron chi connectivity index (χ0n) is 12.4. The molecule has 0 radical (unpaired) electrons. The van der Waals surface area contributed by atoms with Crippen molar-refractivity contribution in [3.05, 3.63) is 36.1 Å². The van der Waals surface area contributed by atoms with Crippen molar-refractivity contribution >= 4 is 28.3 Å². The van der Waals surface area contributed by atoms with E-state index >= 15 is 0 Å². The van der Waals surface area contributed by atoms with Gasteiger partial charge < -0.3 is 15.1 Å². The predicted octanol–water partition coefficient (Wildman–Crippen LogP) is 4.29. The van der Waals surface area contributed by atoms with Crippen LogP contribution in [0, 0.1) is 0 Å². The summed E-state index contributed by atoms with van der Waals surface area (Å²) in [6.07, 6.45) is 6.41. The lowest BCUT2D eigenvalue weighted by Crippen LogP contribution is -2.43. The Morgan fingerprint density at radius 1 is 1.24 bits per heavy atom. The van der Waals surface area contributed by atoms with Crippen LogP contribution < -0.4 is 10.6 Å². The van der Waals surface area contributed by atoms with Crippen molar-refractivity contribution in [2.24, 2.45) is 0 Å². The molecule has 2 N–H and O–H groups in total. The molecule has 0 unspecified atom stereocenters. The molecule has 1 aliphatic rings. The number of thiocarbonyl (C=S) groups is 1. The molecule has 3 rings (SSSR count). The summed E-state index contributed by atoms with van der Waals surface area (Å²) >= 11 is 5.43. The highest BCUT2D eigenvalue weighted by atomic mass is 32.1. The van der Waals surface area contributed by atoms with Crippen molar-refractivity contribution in [3.63, 3.8) is 0 Å². The highest BCUT2D eigenvalue weighted by Crippen LogP contribution is 2.23.